The lowest BCUT2D eigenvalue weighted by atomic mass is 10.1. The van der Waals surface area contributed by atoms with E-state index in [2.05, 4.69) is 17.4 Å². The Kier molecular flexibility index (Phi) is 3.45. The van der Waals surface area contributed by atoms with Crippen molar-refractivity contribution in [1.29, 1.82) is 0 Å². The maximum Gasteiger partial charge on any atom is 0.131 e. The van der Waals surface area contributed by atoms with Crippen LogP contribution in [0.2, 0.25) is 0 Å². The smallest absolute Gasteiger partial charge is 0.131 e. The van der Waals surface area contributed by atoms with E-state index in [0.29, 0.717) is 17.5 Å². The second-order valence-electron chi connectivity index (χ2n) is 5.45. The summed E-state index contributed by atoms with van der Waals surface area (Å²) < 4.78 is 13.8. The van der Waals surface area contributed by atoms with Crippen LogP contribution in [-0.4, -0.2) is 11.1 Å². The number of phenols is 1. The lowest BCUT2D eigenvalue weighted by molar-refractivity contribution is 0.463. The molecule has 3 unspecified atom stereocenters. The van der Waals surface area contributed by atoms with Crippen molar-refractivity contribution in [1.82, 2.24) is 5.32 Å². The lowest BCUT2D eigenvalue weighted by Crippen LogP contribution is -2.22. The van der Waals surface area contributed by atoms with Crippen LogP contribution in [0.5, 0.6) is 5.75 Å². The zero-order valence-electron chi connectivity index (χ0n) is 11.4. The minimum Gasteiger partial charge on any atom is -0.508 e. The van der Waals surface area contributed by atoms with Crippen LogP contribution >= 0.6 is 0 Å². The molecule has 2 aromatic carbocycles. The molecule has 2 aromatic rings. The van der Waals surface area contributed by atoms with Crippen LogP contribution < -0.4 is 5.32 Å². The number of hydrogen-bond donors (Lipinski definition) is 2. The van der Waals surface area contributed by atoms with E-state index in [1.807, 2.05) is 25.1 Å². The fourth-order valence-corrected chi connectivity index (χ4v) is 2.73. The predicted octanol–water partition coefficient (Wildman–Crippen LogP) is 3.74. The van der Waals surface area contributed by atoms with Gasteiger partial charge in [0.15, 0.2) is 0 Å². The molecule has 0 aliphatic heterocycles. The van der Waals surface area contributed by atoms with Crippen molar-refractivity contribution < 1.29 is 9.50 Å². The summed E-state index contributed by atoms with van der Waals surface area (Å²) in [6.07, 6.45) is 1.09. The summed E-state index contributed by atoms with van der Waals surface area (Å²) in [5.41, 5.74) is 1.94. The molecule has 0 spiro atoms. The molecule has 0 amide bonds. The fraction of sp³-hybridized carbons (Fsp3) is 0.294. The molecule has 2 nitrogen and oxygen atoms in total. The second-order valence-corrected chi connectivity index (χ2v) is 5.45. The first-order chi connectivity index (χ1) is 9.65. The standard InChI is InChI=1S/C17H18FNO/c1-11(14-8-7-13(20)9-16(14)18)19-17-10-15(17)12-5-3-2-4-6-12/h2-9,11,15,17,19-20H,10H2,1H3. The maximum absolute atomic E-state index is 13.8. The summed E-state index contributed by atoms with van der Waals surface area (Å²) in [5.74, 6) is 0.132. The van der Waals surface area contributed by atoms with Crippen LogP contribution in [0.15, 0.2) is 48.5 Å². The summed E-state index contributed by atoms with van der Waals surface area (Å²) in [5, 5.41) is 12.7. The van der Waals surface area contributed by atoms with E-state index in [0.717, 1.165) is 12.5 Å². The lowest BCUT2D eigenvalue weighted by Gasteiger charge is -2.15. The zero-order chi connectivity index (χ0) is 14.1. The van der Waals surface area contributed by atoms with Gasteiger partial charge in [-0.2, -0.15) is 0 Å². The highest BCUT2D eigenvalue weighted by Crippen LogP contribution is 2.42. The Bertz CT molecular complexity index is 599. The number of rotatable bonds is 4. The number of nitrogens with one attached hydrogen (secondary N) is 1. The van der Waals surface area contributed by atoms with Gasteiger partial charge in [-0.25, -0.2) is 4.39 Å². The highest BCUT2D eigenvalue weighted by atomic mass is 19.1. The molecule has 2 N–H and O–H groups in total. The summed E-state index contributed by atoms with van der Waals surface area (Å²) >= 11 is 0. The van der Waals surface area contributed by atoms with Crippen LogP contribution in [0, 0.1) is 5.82 Å². The van der Waals surface area contributed by atoms with Crippen LogP contribution in [0.1, 0.15) is 36.4 Å². The number of halogens is 1. The maximum atomic E-state index is 13.8. The van der Waals surface area contributed by atoms with Crippen molar-refractivity contribution in [3.63, 3.8) is 0 Å². The Morgan fingerprint density at radius 2 is 1.95 bits per heavy atom. The molecule has 3 atom stereocenters. The molecular formula is C17H18FNO. The summed E-state index contributed by atoms with van der Waals surface area (Å²) in [6, 6.07) is 15.1. The molecule has 1 aliphatic carbocycles. The predicted molar refractivity (Wildman–Crippen MR) is 77.2 cm³/mol. The van der Waals surface area contributed by atoms with Crippen molar-refractivity contribution in [2.45, 2.75) is 31.3 Å². The van der Waals surface area contributed by atoms with Crippen molar-refractivity contribution in [2.75, 3.05) is 0 Å². The molecule has 1 aliphatic rings. The SMILES string of the molecule is CC(NC1CC1c1ccccc1)c1ccc(O)cc1F. The molecule has 0 bridgehead atoms. The van der Waals surface area contributed by atoms with E-state index in [1.54, 1.807) is 6.07 Å². The molecular weight excluding hydrogens is 253 g/mol. The Balaban J connectivity index is 1.65. The summed E-state index contributed by atoms with van der Waals surface area (Å²) in [4.78, 5) is 0. The van der Waals surface area contributed by atoms with Gasteiger partial charge < -0.3 is 10.4 Å². The Morgan fingerprint density at radius 3 is 2.65 bits per heavy atom. The van der Waals surface area contributed by atoms with E-state index in [1.165, 1.54) is 11.6 Å². The van der Waals surface area contributed by atoms with Gasteiger partial charge in [0.1, 0.15) is 11.6 Å². The molecule has 3 heteroatoms. The topological polar surface area (TPSA) is 32.3 Å². The van der Waals surface area contributed by atoms with Crippen LogP contribution in [0.4, 0.5) is 4.39 Å². The van der Waals surface area contributed by atoms with Gasteiger partial charge in [0.2, 0.25) is 0 Å². The average molecular weight is 271 g/mol. The number of hydrogen-bond acceptors (Lipinski definition) is 2. The monoisotopic (exact) mass is 271 g/mol. The van der Waals surface area contributed by atoms with Crippen molar-refractivity contribution >= 4 is 0 Å². The Labute approximate surface area is 118 Å². The van der Waals surface area contributed by atoms with E-state index in [4.69, 9.17) is 0 Å². The van der Waals surface area contributed by atoms with Gasteiger partial charge in [0, 0.05) is 29.6 Å². The number of aromatic hydroxyl groups is 1. The Hall–Kier alpha value is -1.87. The molecule has 0 radical (unpaired) electrons. The second kappa shape index (κ2) is 5.25. The highest BCUT2D eigenvalue weighted by Gasteiger charge is 2.39. The molecule has 104 valence electrons. The first-order valence-corrected chi connectivity index (χ1v) is 6.94. The largest absolute Gasteiger partial charge is 0.508 e. The normalized spacial score (nSPS) is 22.5. The van der Waals surface area contributed by atoms with Crippen molar-refractivity contribution in [3.8, 4) is 5.75 Å². The average Bonchev–Trinajstić information content (AvgIpc) is 3.18. The van der Waals surface area contributed by atoms with Crippen molar-refractivity contribution in [3.05, 3.63) is 65.5 Å². The van der Waals surface area contributed by atoms with Crippen LogP contribution in [0.25, 0.3) is 0 Å². The first kappa shape index (κ1) is 13.1. The number of phenolic OH excluding ortho intramolecular Hbond substituents is 1. The highest BCUT2D eigenvalue weighted by molar-refractivity contribution is 5.31. The number of benzene rings is 2. The third-order valence-electron chi connectivity index (χ3n) is 3.93. The van der Waals surface area contributed by atoms with Gasteiger partial charge >= 0.3 is 0 Å². The van der Waals surface area contributed by atoms with Gasteiger partial charge in [-0.3, -0.25) is 0 Å². The molecule has 1 fully saturated rings. The summed E-state index contributed by atoms with van der Waals surface area (Å²) in [7, 11) is 0. The van der Waals surface area contributed by atoms with Gasteiger partial charge in [-0.05, 0) is 25.0 Å². The molecule has 1 saturated carbocycles. The van der Waals surface area contributed by atoms with E-state index in [-0.39, 0.29) is 17.6 Å². The third-order valence-corrected chi connectivity index (χ3v) is 3.93. The first-order valence-electron chi connectivity index (χ1n) is 6.94. The molecule has 0 aromatic heterocycles. The minimum absolute atomic E-state index is 0.0352. The summed E-state index contributed by atoms with van der Waals surface area (Å²) in [6.45, 7) is 1.95. The molecule has 3 rings (SSSR count). The molecule has 0 saturated heterocycles. The van der Waals surface area contributed by atoms with Crippen molar-refractivity contribution in [2.24, 2.45) is 0 Å². The van der Waals surface area contributed by atoms with E-state index in [9.17, 15) is 9.50 Å². The van der Waals surface area contributed by atoms with Crippen LogP contribution in [0.3, 0.4) is 0 Å². The fourth-order valence-electron chi connectivity index (χ4n) is 2.73. The zero-order valence-corrected chi connectivity index (χ0v) is 11.4. The molecule has 20 heavy (non-hydrogen) atoms. The van der Waals surface area contributed by atoms with E-state index >= 15 is 0 Å². The quantitative estimate of drug-likeness (QED) is 0.888. The van der Waals surface area contributed by atoms with Gasteiger partial charge in [-0.15, -0.1) is 0 Å². The molecule has 0 heterocycles. The van der Waals surface area contributed by atoms with Crippen LogP contribution in [-0.2, 0) is 0 Å². The van der Waals surface area contributed by atoms with Gasteiger partial charge in [0.05, 0.1) is 0 Å². The van der Waals surface area contributed by atoms with E-state index < -0.39 is 0 Å². The third kappa shape index (κ3) is 2.68. The Morgan fingerprint density at radius 1 is 1.20 bits per heavy atom. The van der Waals surface area contributed by atoms with Gasteiger partial charge in [-0.1, -0.05) is 36.4 Å². The van der Waals surface area contributed by atoms with Gasteiger partial charge in [0.25, 0.3) is 0 Å². The minimum atomic E-state index is -0.359.